The van der Waals surface area contributed by atoms with Crippen LogP contribution in [0.5, 0.6) is 5.75 Å². The molecule has 0 aliphatic rings. The van der Waals surface area contributed by atoms with Crippen molar-refractivity contribution in [2.75, 3.05) is 0 Å². The number of halogens is 1. The minimum absolute atomic E-state index is 0.336. The predicted molar refractivity (Wildman–Crippen MR) is 53.1 cm³/mol. The molecule has 1 aromatic rings. The van der Waals surface area contributed by atoms with Gasteiger partial charge < -0.3 is 10.8 Å². The van der Waals surface area contributed by atoms with Crippen molar-refractivity contribution < 1.29 is 5.11 Å². The zero-order valence-corrected chi connectivity index (χ0v) is 8.56. The fraction of sp³-hybridized carbons (Fsp3) is 0.333. The summed E-state index contributed by atoms with van der Waals surface area (Å²) in [6.07, 6.45) is 0.818. The first kappa shape index (κ1) is 9.55. The van der Waals surface area contributed by atoms with Gasteiger partial charge in [0.25, 0.3) is 0 Å². The van der Waals surface area contributed by atoms with Crippen LogP contribution in [0.4, 0.5) is 0 Å². The van der Waals surface area contributed by atoms with Crippen molar-refractivity contribution in [3.63, 3.8) is 0 Å². The number of nitrogens with two attached hydrogens (primary N) is 1. The third-order valence-electron chi connectivity index (χ3n) is 1.83. The summed E-state index contributed by atoms with van der Waals surface area (Å²) in [7, 11) is 0. The molecule has 0 saturated heterocycles. The van der Waals surface area contributed by atoms with E-state index in [0.29, 0.717) is 12.3 Å². The molecule has 0 aliphatic heterocycles. The number of aromatic hydroxyl groups is 1. The molecule has 0 amide bonds. The van der Waals surface area contributed by atoms with E-state index in [0.717, 1.165) is 22.0 Å². The molecule has 0 aromatic heterocycles. The van der Waals surface area contributed by atoms with Crippen molar-refractivity contribution in [3.05, 3.63) is 27.7 Å². The van der Waals surface area contributed by atoms with Gasteiger partial charge in [-0.2, -0.15) is 0 Å². The van der Waals surface area contributed by atoms with Gasteiger partial charge in [0.15, 0.2) is 0 Å². The van der Waals surface area contributed by atoms with E-state index in [9.17, 15) is 5.11 Å². The van der Waals surface area contributed by atoms with Crippen LogP contribution >= 0.6 is 15.9 Å². The summed E-state index contributed by atoms with van der Waals surface area (Å²) >= 11 is 3.36. The van der Waals surface area contributed by atoms with E-state index < -0.39 is 0 Å². The van der Waals surface area contributed by atoms with Crippen LogP contribution in [0.1, 0.15) is 18.1 Å². The van der Waals surface area contributed by atoms with Crippen LogP contribution < -0.4 is 5.73 Å². The second kappa shape index (κ2) is 3.92. The fourth-order valence-electron chi connectivity index (χ4n) is 1.14. The average Bonchev–Trinajstić information content (AvgIpc) is 2.08. The van der Waals surface area contributed by atoms with E-state index in [4.69, 9.17) is 5.73 Å². The smallest absolute Gasteiger partial charge is 0.123 e. The third kappa shape index (κ3) is 1.79. The molecule has 0 unspecified atom stereocenters. The van der Waals surface area contributed by atoms with Crippen LogP contribution in [0, 0.1) is 0 Å². The van der Waals surface area contributed by atoms with E-state index in [1.165, 1.54) is 0 Å². The Balaban J connectivity index is 3.22. The number of phenolic OH excluding ortho intramolecular Hbond substituents is 1. The molecule has 0 radical (unpaired) electrons. The van der Waals surface area contributed by atoms with Crippen LogP contribution in [0.3, 0.4) is 0 Å². The number of rotatable bonds is 2. The van der Waals surface area contributed by atoms with Gasteiger partial charge in [-0.1, -0.05) is 22.9 Å². The van der Waals surface area contributed by atoms with Gasteiger partial charge in [-0.15, -0.1) is 0 Å². The second-order valence-corrected chi connectivity index (χ2v) is 3.55. The molecule has 0 atom stereocenters. The normalized spacial score (nSPS) is 10.2. The highest BCUT2D eigenvalue weighted by atomic mass is 79.9. The molecular weight excluding hydrogens is 218 g/mol. The monoisotopic (exact) mass is 229 g/mol. The Morgan fingerprint density at radius 3 is 2.50 bits per heavy atom. The Morgan fingerprint density at radius 2 is 2.00 bits per heavy atom. The van der Waals surface area contributed by atoms with E-state index in [-0.39, 0.29) is 0 Å². The average molecular weight is 230 g/mol. The van der Waals surface area contributed by atoms with Crippen molar-refractivity contribution in [2.45, 2.75) is 19.9 Å². The molecule has 0 heterocycles. The Labute approximate surface area is 80.5 Å². The molecule has 2 nitrogen and oxygen atoms in total. The van der Waals surface area contributed by atoms with Crippen molar-refractivity contribution in [3.8, 4) is 5.75 Å². The first-order valence-electron chi connectivity index (χ1n) is 3.89. The summed E-state index contributed by atoms with van der Waals surface area (Å²) in [5.74, 6) is 0.336. The topological polar surface area (TPSA) is 46.2 Å². The van der Waals surface area contributed by atoms with E-state index in [2.05, 4.69) is 15.9 Å². The lowest BCUT2D eigenvalue weighted by atomic mass is 10.1. The minimum atomic E-state index is 0.336. The largest absolute Gasteiger partial charge is 0.507 e. The predicted octanol–water partition coefficient (Wildman–Crippen LogP) is 2.18. The molecule has 0 saturated carbocycles. The lowest BCUT2D eigenvalue weighted by Crippen LogP contribution is -1.98. The van der Waals surface area contributed by atoms with Crippen LogP contribution in [-0.2, 0) is 13.0 Å². The van der Waals surface area contributed by atoms with Gasteiger partial charge in [0.2, 0.25) is 0 Å². The lowest BCUT2D eigenvalue weighted by Gasteiger charge is -2.07. The van der Waals surface area contributed by atoms with Gasteiger partial charge in [0.05, 0.1) is 0 Å². The van der Waals surface area contributed by atoms with Crippen LogP contribution in [0.2, 0.25) is 0 Å². The van der Waals surface area contributed by atoms with Gasteiger partial charge >= 0.3 is 0 Å². The summed E-state index contributed by atoms with van der Waals surface area (Å²) in [5.41, 5.74) is 7.19. The molecule has 0 spiro atoms. The van der Waals surface area contributed by atoms with Crippen LogP contribution in [-0.4, -0.2) is 5.11 Å². The first-order valence-corrected chi connectivity index (χ1v) is 4.68. The zero-order chi connectivity index (χ0) is 9.14. The van der Waals surface area contributed by atoms with E-state index in [1.54, 1.807) is 0 Å². The number of aryl methyl sites for hydroxylation is 1. The second-order valence-electron chi connectivity index (χ2n) is 2.63. The molecule has 1 rings (SSSR count). The van der Waals surface area contributed by atoms with Crippen LogP contribution in [0.25, 0.3) is 0 Å². The van der Waals surface area contributed by atoms with Gasteiger partial charge in [-0.25, -0.2) is 0 Å². The van der Waals surface area contributed by atoms with Gasteiger partial charge in [-0.05, 0) is 24.1 Å². The summed E-state index contributed by atoms with van der Waals surface area (Å²) in [6.45, 7) is 2.38. The summed E-state index contributed by atoms with van der Waals surface area (Å²) < 4.78 is 0.970. The number of hydrogen-bond donors (Lipinski definition) is 2. The van der Waals surface area contributed by atoms with Crippen molar-refractivity contribution in [2.24, 2.45) is 5.73 Å². The Kier molecular flexibility index (Phi) is 3.12. The molecular formula is C9H12BrNO. The number of benzene rings is 1. The highest BCUT2D eigenvalue weighted by Gasteiger charge is 2.05. The summed E-state index contributed by atoms with van der Waals surface area (Å²) in [5, 5.41) is 9.61. The third-order valence-corrected chi connectivity index (χ3v) is 2.29. The molecule has 1 aromatic carbocycles. The summed E-state index contributed by atoms with van der Waals surface area (Å²) in [4.78, 5) is 0. The molecule has 66 valence electrons. The maximum atomic E-state index is 9.61. The van der Waals surface area contributed by atoms with Gasteiger partial charge in [0.1, 0.15) is 5.75 Å². The van der Waals surface area contributed by atoms with Gasteiger partial charge in [0, 0.05) is 16.6 Å². The highest BCUT2D eigenvalue weighted by molar-refractivity contribution is 9.10. The number of phenols is 1. The summed E-state index contributed by atoms with van der Waals surface area (Å²) in [6, 6.07) is 3.75. The molecule has 12 heavy (non-hydrogen) atoms. The quantitative estimate of drug-likeness (QED) is 0.817. The maximum absolute atomic E-state index is 9.61. The van der Waals surface area contributed by atoms with Crippen molar-refractivity contribution in [1.82, 2.24) is 0 Å². The molecule has 0 aliphatic carbocycles. The Morgan fingerprint density at radius 1 is 1.42 bits per heavy atom. The number of hydrogen-bond acceptors (Lipinski definition) is 2. The van der Waals surface area contributed by atoms with E-state index in [1.807, 2.05) is 19.1 Å². The Bertz CT molecular complexity index is 261. The standard InChI is InChI=1S/C9H12BrNO/c1-2-6-3-8(10)4-7(5-11)9(6)12/h3-4,12H,2,5,11H2,1H3. The minimum Gasteiger partial charge on any atom is -0.507 e. The zero-order valence-electron chi connectivity index (χ0n) is 6.97. The fourth-order valence-corrected chi connectivity index (χ4v) is 1.70. The van der Waals surface area contributed by atoms with Crippen LogP contribution in [0.15, 0.2) is 16.6 Å². The van der Waals surface area contributed by atoms with Crippen molar-refractivity contribution >= 4 is 15.9 Å². The molecule has 0 fully saturated rings. The van der Waals surface area contributed by atoms with Crippen molar-refractivity contribution in [1.29, 1.82) is 0 Å². The lowest BCUT2D eigenvalue weighted by molar-refractivity contribution is 0.462. The van der Waals surface area contributed by atoms with Gasteiger partial charge in [-0.3, -0.25) is 0 Å². The van der Waals surface area contributed by atoms with E-state index >= 15 is 0 Å². The SMILES string of the molecule is CCc1cc(Br)cc(CN)c1O. The highest BCUT2D eigenvalue weighted by Crippen LogP contribution is 2.27. The Hall–Kier alpha value is -0.540. The maximum Gasteiger partial charge on any atom is 0.123 e. The molecule has 3 heteroatoms. The molecule has 0 bridgehead atoms. The molecule has 3 N–H and O–H groups in total. The first-order chi connectivity index (χ1) is 5.69.